The van der Waals surface area contributed by atoms with Crippen molar-refractivity contribution in [3.63, 3.8) is 0 Å². The average Bonchev–Trinajstić information content (AvgIpc) is 2.32. The maximum atomic E-state index is 11.5. The molecule has 0 aliphatic carbocycles. The SMILES string of the molecule is CC(C)(C)Oc1cccc(CNC(=O)CCCN)c1. The Morgan fingerprint density at radius 3 is 2.74 bits per heavy atom. The highest BCUT2D eigenvalue weighted by atomic mass is 16.5. The second-order valence-electron chi connectivity index (χ2n) is 5.53. The molecule has 1 amide bonds. The first kappa shape index (κ1) is 15.5. The Morgan fingerprint density at radius 1 is 1.37 bits per heavy atom. The van der Waals surface area contributed by atoms with Gasteiger partial charge >= 0.3 is 0 Å². The molecule has 1 rings (SSSR count). The molecule has 19 heavy (non-hydrogen) atoms. The highest BCUT2D eigenvalue weighted by Gasteiger charge is 2.11. The fourth-order valence-electron chi connectivity index (χ4n) is 1.62. The zero-order valence-electron chi connectivity index (χ0n) is 12.0. The van der Waals surface area contributed by atoms with E-state index in [1.807, 2.05) is 45.0 Å². The monoisotopic (exact) mass is 264 g/mol. The molecule has 3 N–H and O–H groups in total. The van der Waals surface area contributed by atoms with E-state index >= 15 is 0 Å². The molecule has 0 heterocycles. The van der Waals surface area contributed by atoms with Crippen molar-refractivity contribution in [2.45, 2.75) is 45.8 Å². The summed E-state index contributed by atoms with van der Waals surface area (Å²) in [7, 11) is 0. The van der Waals surface area contributed by atoms with E-state index in [2.05, 4.69) is 5.32 Å². The maximum Gasteiger partial charge on any atom is 0.220 e. The number of hydrogen-bond acceptors (Lipinski definition) is 3. The summed E-state index contributed by atoms with van der Waals surface area (Å²) >= 11 is 0. The highest BCUT2D eigenvalue weighted by molar-refractivity contribution is 5.75. The number of rotatable bonds is 6. The highest BCUT2D eigenvalue weighted by Crippen LogP contribution is 2.19. The van der Waals surface area contributed by atoms with Gasteiger partial charge in [-0.05, 0) is 51.4 Å². The van der Waals surface area contributed by atoms with Gasteiger partial charge in [-0.1, -0.05) is 12.1 Å². The standard InChI is InChI=1S/C15H24N2O2/c1-15(2,3)19-13-7-4-6-12(10-13)11-17-14(18)8-5-9-16/h4,6-7,10H,5,8-9,11,16H2,1-3H3,(H,17,18). The van der Waals surface area contributed by atoms with Gasteiger partial charge in [-0.25, -0.2) is 0 Å². The van der Waals surface area contributed by atoms with Crippen molar-refractivity contribution in [2.75, 3.05) is 6.54 Å². The summed E-state index contributed by atoms with van der Waals surface area (Å²) in [4.78, 5) is 11.5. The Morgan fingerprint density at radius 2 is 2.11 bits per heavy atom. The molecule has 0 atom stereocenters. The number of carbonyl (C=O) groups excluding carboxylic acids is 1. The number of amides is 1. The minimum atomic E-state index is -0.219. The number of benzene rings is 1. The fourth-order valence-corrected chi connectivity index (χ4v) is 1.62. The zero-order valence-corrected chi connectivity index (χ0v) is 12.0. The van der Waals surface area contributed by atoms with Crippen LogP contribution in [0.3, 0.4) is 0 Å². The molecule has 0 aromatic heterocycles. The van der Waals surface area contributed by atoms with Crippen molar-refractivity contribution in [1.29, 1.82) is 0 Å². The molecule has 0 radical (unpaired) electrons. The molecule has 0 unspecified atom stereocenters. The van der Waals surface area contributed by atoms with Gasteiger partial charge in [0.25, 0.3) is 0 Å². The van der Waals surface area contributed by atoms with Crippen LogP contribution in [0.1, 0.15) is 39.2 Å². The van der Waals surface area contributed by atoms with Crippen LogP contribution in [0.25, 0.3) is 0 Å². The number of hydrogen-bond donors (Lipinski definition) is 2. The van der Waals surface area contributed by atoms with Gasteiger partial charge in [0.05, 0.1) is 0 Å². The molecule has 106 valence electrons. The molecule has 0 bridgehead atoms. The van der Waals surface area contributed by atoms with Crippen molar-refractivity contribution in [1.82, 2.24) is 5.32 Å². The lowest BCUT2D eigenvalue weighted by Crippen LogP contribution is -2.24. The van der Waals surface area contributed by atoms with Crippen LogP contribution in [0.5, 0.6) is 5.75 Å². The Hall–Kier alpha value is -1.55. The third-order valence-corrected chi connectivity index (χ3v) is 2.42. The third-order valence-electron chi connectivity index (χ3n) is 2.42. The van der Waals surface area contributed by atoms with Crippen LogP contribution in [-0.4, -0.2) is 18.1 Å². The minimum Gasteiger partial charge on any atom is -0.488 e. The van der Waals surface area contributed by atoms with Crippen molar-refractivity contribution in [3.05, 3.63) is 29.8 Å². The first-order valence-electron chi connectivity index (χ1n) is 6.65. The molecule has 0 saturated heterocycles. The summed E-state index contributed by atoms with van der Waals surface area (Å²) < 4.78 is 5.78. The van der Waals surface area contributed by atoms with E-state index in [1.54, 1.807) is 0 Å². The second-order valence-corrected chi connectivity index (χ2v) is 5.53. The Balaban J connectivity index is 2.50. The Labute approximate surface area is 115 Å². The topological polar surface area (TPSA) is 64.3 Å². The number of ether oxygens (including phenoxy) is 1. The molecular formula is C15H24N2O2. The third kappa shape index (κ3) is 6.82. The zero-order chi connectivity index (χ0) is 14.3. The minimum absolute atomic E-state index is 0.0348. The van der Waals surface area contributed by atoms with Crippen molar-refractivity contribution in [2.24, 2.45) is 5.73 Å². The molecule has 4 nitrogen and oxygen atoms in total. The summed E-state index contributed by atoms with van der Waals surface area (Å²) in [6.45, 7) is 7.09. The van der Waals surface area contributed by atoms with Crippen molar-refractivity contribution >= 4 is 5.91 Å². The lowest BCUT2D eigenvalue weighted by molar-refractivity contribution is -0.121. The molecular weight excluding hydrogens is 240 g/mol. The van der Waals surface area contributed by atoms with Crippen LogP contribution in [0.2, 0.25) is 0 Å². The summed E-state index contributed by atoms with van der Waals surface area (Å²) in [5.41, 5.74) is 6.18. The quantitative estimate of drug-likeness (QED) is 0.828. The second kappa shape index (κ2) is 7.14. The largest absolute Gasteiger partial charge is 0.488 e. The van der Waals surface area contributed by atoms with E-state index in [0.717, 1.165) is 17.7 Å². The van der Waals surface area contributed by atoms with Crippen LogP contribution >= 0.6 is 0 Å². The van der Waals surface area contributed by atoms with E-state index in [1.165, 1.54) is 0 Å². The van der Waals surface area contributed by atoms with E-state index < -0.39 is 0 Å². The molecule has 0 fully saturated rings. The molecule has 0 spiro atoms. The van der Waals surface area contributed by atoms with Crippen LogP contribution in [0.4, 0.5) is 0 Å². The summed E-state index contributed by atoms with van der Waals surface area (Å²) in [6, 6.07) is 7.78. The Kier molecular flexibility index (Phi) is 5.83. The van der Waals surface area contributed by atoms with Gasteiger partial charge < -0.3 is 15.8 Å². The lowest BCUT2D eigenvalue weighted by Gasteiger charge is -2.21. The summed E-state index contributed by atoms with van der Waals surface area (Å²) in [5.74, 6) is 0.855. The molecule has 1 aromatic carbocycles. The Bertz CT molecular complexity index is 411. The first-order valence-corrected chi connectivity index (χ1v) is 6.65. The van der Waals surface area contributed by atoms with E-state index in [0.29, 0.717) is 19.5 Å². The van der Waals surface area contributed by atoms with Gasteiger partial charge in [0, 0.05) is 13.0 Å². The lowest BCUT2D eigenvalue weighted by atomic mass is 10.1. The van der Waals surface area contributed by atoms with Gasteiger partial charge in [-0.3, -0.25) is 4.79 Å². The smallest absolute Gasteiger partial charge is 0.220 e. The van der Waals surface area contributed by atoms with Crippen LogP contribution in [-0.2, 0) is 11.3 Å². The van der Waals surface area contributed by atoms with Gasteiger partial charge in [0.2, 0.25) is 5.91 Å². The van der Waals surface area contributed by atoms with Gasteiger partial charge in [0.15, 0.2) is 0 Å². The molecule has 4 heteroatoms. The van der Waals surface area contributed by atoms with Gasteiger partial charge in [-0.2, -0.15) is 0 Å². The van der Waals surface area contributed by atoms with Gasteiger partial charge in [0.1, 0.15) is 11.4 Å². The number of nitrogens with two attached hydrogens (primary N) is 1. The fraction of sp³-hybridized carbons (Fsp3) is 0.533. The van der Waals surface area contributed by atoms with Crippen LogP contribution in [0, 0.1) is 0 Å². The molecule has 0 saturated carbocycles. The molecule has 0 aliphatic heterocycles. The van der Waals surface area contributed by atoms with Crippen LogP contribution in [0.15, 0.2) is 24.3 Å². The number of nitrogens with one attached hydrogen (secondary N) is 1. The average molecular weight is 264 g/mol. The van der Waals surface area contributed by atoms with E-state index in [-0.39, 0.29) is 11.5 Å². The van der Waals surface area contributed by atoms with E-state index in [9.17, 15) is 4.79 Å². The van der Waals surface area contributed by atoms with Crippen molar-refractivity contribution < 1.29 is 9.53 Å². The molecule has 0 aliphatic rings. The van der Waals surface area contributed by atoms with Gasteiger partial charge in [-0.15, -0.1) is 0 Å². The summed E-state index contributed by atoms with van der Waals surface area (Å²) in [5, 5.41) is 2.87. The summed E-state index contributed by atoms with van der Waals surface area (Å²) in [6.07, 6.45) is 1.20. The van der Waals surface area contributed by atoms with Crippen molar-refractivity contribution in [3.8, 4) is 5.75 Å². The first-order chi connectivity index (χ1) is 8.90. The predicted octanol–water partition coefficient (Wildman–Crippen LogP) is 2.22. The van der Waals surface area contributed by atoms with Crippen LogP contribution < -0.4 is 15.8 Å². The molecule has 1 aromatic rings. The maximum absolute atomic E-state index is 11.5. The normalized spacial score (nSPS) is 11.2. The predicted molar refractivity (Wildman–Crippen MR) is 77.0 cm³/mol. The van der Waals surface area contributed by atoms with E-state index in [4.69, 9.17) is 10.5 Å². The number of carbonyl (C=O) groups is 1.